The van der Waals surface area contributed by atoms with E-state index in [2.05, 4.69) is 6.92 Å². The van der Waals surface area contributed by atoms with Gasteiger partial charge in [0, 0.05) is 17.6 Å². The number of ketones is 1. The van der Waals surface area contributed by atoms with Gasteiger partial charge in [-0.1, -0.05) is 6.92 Å². The molecule has 0 bridgehead atoms. The molecule has 0 saturated carbocycles. The molecule has 1 radical (unpaired) electrons. The Hall–Kier alpha value is -0.310. The summed E-state index contributed by atoms with van der Waals surface area (Å²) in [6.45, 7) is 5.05. The Balaban J connectivity index is 3.62. The van der Waals surface area contributed by atoms with E-state index < -0.39 is 5.25 Å². The molecule has 0 heterocycles. The van der Waals surface area contributed by atoms with Crippen LogP contribution in [0.25, 0.3) is 0 Å². The van der Waals surface area contributed by atoms with Gasteiger partial charge in [-0.3, -0.25) is 4.79 Å². The zero-order valence-corrected chi connectivity index (χ0v) is 5.53. The SMILES string of the molecule is [CH2]C([S+]=O)C(=O)CC. The van der Waals surface area contributed by atoms with Gasteiger partial charge in [-0.25, -0.2) is 0 Å². The normalized spacial score (nSPS) is 12.8. The minimum Gasteiger partial charge on any atom is -0.293 e. The van der Waals surface area contributed by atoms with Crippen LogP contribution in [0.2, 0.25) is 0 Å². The Bertz CT molecular complexity index is 101. The van der Waals surface area contributed by atoms with Crippen molar-refractivity contribution in [2.24, 2.45) is 0 Å². The number of hydrogen-bond donors (Lipinski definition) is 0. The van der Waals surface area contributed by atoms with Crippen LogP contribution in [-0.2, 0) is 20.7 Å². The second-order valence-corrected chi connectivity index (χ2v) is 2.17. The van der Waals surface area contributed by atoms with Gasteiger partial charge in [0.05, 0.1) is 0 Å². The molecular formula is C5H8O2S+. The lowest BCUT2D eigenvalue weighted by Gasteiger charge is -1.83. The minimum absolute atomic E-state index is 0.0787. The molecule has 2 nitrogen and oxygen atoms in total. The van der Waals surface area contributed by atoms with Crippen molar-refractivity contribution in [1.29, 1.82) is 0 Å². The fraction of sp³-hybridized carbons (Fsp3) is 0.600. The van der Waals surface area contributed by atoms with Crippen LogP contribution in [0.4, 0.5) is 0 Å². The van der Waals surface area contributed by atoms with Gasteiger partial charge in [0.1, 0.15) is 0 Å². The van der Waals surface area contributed by atoms with Crippen LogP contribution in [0, 0.1) is 6.92 Å². The standard InChI is InChI=1S/C5H8O2S/c1-3-5(6)4(2)8-7/h4H,2-3H2,1H3/q+1. The topological polar surface area (TPSA) is 34.1 Å². The number of carbonyl (C=O) groups is 1. The zero-order valence-electron chi connectivity index (χ0n) is 4.72. The first-order valence-corrected chi connectivity index (χ1v) is 3.17. The third-order valence-electron chi connectivity index (χ3n) is 0.824. The van der Waals surface area contributed by atoms with Crippen LogP contribution in [0.5, 0.6) is 0 Å². The molecule has 0 aromatic carbocycles. The maximum atomic E-state index is 10.5. The Morgan fingerprint density at radius 2 is 2.38 bits per heavy atom. The molecule has 1 atom stereocenters. The molecule has 0 aliphatic rings. The van der Waals surface area contributed by atoms with E-state index in [1.54, 1.807) is 6.92 Å². The average molecular weight is 132 g/mol. The first-order valence-electron chi connectivity index (χ1n) is 2.36. The summed E-state index contributed by atoms with van der Waals surface area (Å²) in [5.74, 6) is -0.0787. The monoisotopic (exact) mass is 132 g/mol. The summed E-state index contributed by atoms with van der Waals surface area (Å²) in [6, 6.07) is 0. The van der Waals surface area contributed by atoms with Crippen molar-refractivity contribution < 1.29 is 9.00 Å². The fourth-order valence-electron chi connectivity index (χ4n) is 0.281. The predicted molar refractivity (Wildman–Crippen MR) is 32.5 cm³/mol. The third-order valence-corrected chi connectivity index (χ3v) is 1.32. The van der Waals surface area contributed by atoms with E-state index in [1.165, 1.54) is 0 Å². The van der Waals surface area contributed by atoms with Crippen molar-refractivity contribution in [2.45, 2.75) is 18.6 Å². The lowest BCUT2D eigenvalue weighted by atomic mass is 10.2. The molecule has 0 N–H and O–H groups in total. The summed E-state index contributed by atoms with van der Waals surface area (Å²) in [5, 5.41) is -0.611. The van der Waals surface area contributed by atoms with Gasteiger partial charge in [0.25, 0.3) is 5.25 Å². The van der Waals surface area contributed by atoms with Crippen LogP contribution in [0.15, 0.2) is 0 Å². The molecule has 0 amide bonds. The summed E-state index contributed by atoms with van der Waals surface area (Å²) in [4.78, 5) is 10.5. The molecule has 0 saturated heterocycles. The molecule has 45 valence electrons. The number of rotatable bonds is 3. The van der Waals surface area contributed by atoms with Crippen molar-refractivity contribution >= 4 is 17.4 Å². The highest BCUT2D eigenvalue weighted by molar-refractivity contribution is 7.67. The van der Waals surface area contributed by atoms with Gasteiger partial charge in [-0.15, -0.1) is 0 Å². The van der Waals surface area contributed by atoms with Gasteiger partial charge < -0.3 is 0 Å². The summed E-state index contributed by atoms with van der Waals surface area (Å²) < 4.78 is 9.86. The summed E-state index contributed by atoms with van der Waals surface area (Å²) in [6.07, 6.45) is 0.406. The van der Waals surface area contributed by atoms with Crippen molar-refractivity contribution in [3.8, 4) is 0 Å². The van der Waals surface area contributed by atoms with E-state index in [9.17, 15) is 9.00 Å². The van der Waals surface area contributed by atoms with E-state index in [-0.39, 0.29) is 17.4 Å². The van der Waals surface area contributed by atoms with Crippen LogP contribution >= 0.6 is 0 Å². The van der Waals surface area contributed by atoms with Gasteiger partial charge in [0.15, 0.2) is 5.78 Å². The highest BCUT2D eigenvalue weighted by atomic mass is 32.1. The lowest BCUT2D eigenvalue weighted by molar-refractivity contribution is -0.117. The maximum Gasteiger partial charge on any atom is 0.470 e. The van der Waals surface area contributed by atoms with Crippen LogP contribution in [0.1, 0.15) is 13.3 Å². The Labute approximate surface area is 52.8 Å². The zero-order chi connectivity index (χ0) is 6.57. The number of Topliss-reactive ketones (excluding diaryl/α,β-unsaturated/α-hetero) is 1. The van der Waals surface area contributed by atoms with Crippen molar-refractivity contribution in [2.75, 3.05) is 0 Å². The van der Waals surface area contributed by atoms with Crippen LogP contribution < -0.4 is 0 Å². The molecule has 0 aromatic heterocycles. The molecule has 1 unspecified atom stereocenters. The smallest absolute Gasteiger partial charge is 0.293 e. The molecule has 0 aliphatic heterocycles. The summed E-state index contributed by atoms with van der Waals surface area (Å²) in [5.41, 5.74) is 0. The first kappa shape index (κ1) is 7.69. The summed E-state index contributed by atoms with van der Waals surface area (Å²) >= 11 is 0.247. The molecule has 0 spiro atoms. The molecule has 3 heteroatoms. The highest BCUT2D eigenvalue weighted by Crippen LogP contribution is 1.89. The Morgan fingerprint density at radius 3 is 2.50 bits per heavy atom. The maximum absolute atomic E-state index is 10.5. The average Bonchev–Trinajstić information content (AvgIpc) is 1.84. The predicted octanol–water partition coefficient (Wildman–Crippen LogP) is 0.596. The molecule has 0 aromatic rings. The molecule has 8 heavy (non-hydrogen) atoms. The van der Waals surface area contributed by atoms with E-state index >= 15 is 0 Å². The van der Waals surface area contributed by atoms with Crippen LogP contribution in [0.3, 0.4) is 0 Å². The van der Waals surface area contributed by atoms with Gasteiger partial charge >= 0.3 is 11.7 Å². The second-order valence-electron chi connectivity index (χ2n) is 1.40. The first-order chi connectivity index (χ1) is 3.72. The number of carbonyl (C=O) groups excluding carboxylic acids is 1. The van der Waals surface area contributed by atoms with Crippen molar-refractivity contribution in [3.05, 3.63) is 6.92 Å². The quantitative estimate of drug-likeness (QED) is 0.527. The molecule has 0 aliphatic carbocycles. The van der Waals surface area contributed by atoms with Gasteiger partial charge in [0.2, 0.25) is 0 Å². The van der Waals surface area contributed by atoms with Crippen molar-refractivity contribution in [3.63, 3.8) is 0 Å². The largest absolute Gasteiger partial charge is 0.470 e. The van der Waals surface area contributed by atoms with Crippen LogP contribution in [-0.4, -0.2) is 11.0 Å². The van der Waals surface area contributed by atoms with E-state index in [0.29, 0.717) is 6.42 Å². The van der Waals surface area contributed by atoms with E-state index in [4.69, 9.17) is 0 Å². The third kappa shape index (κ3) is 2.12. The minimum atomic E-state index is -0.611. The lowest BCUT2D eigenvalue weighted by Crippen LogP contribution is -2.13. The number of hydrogen-bond acceptors (Lipinski definition) is 2. The Morgan fingerprint density at radius 1 is 1.88 bits per heavy atom. The summed E-state index contributed by atoms with van der Waals surface area (Å²) in [7, 11) is 0. The van der Waals surface area contributed by atoms with E-state index in [0.717, 1.165) is 0 Å². The molecule has 0 fully saturated rings. The molecular weight excluding hydrogens is 124 g/mol. The highest BCUT2D eigenvalue weighted by Gasteiger charge is 2.22. The van der Waals surface area contributed by atoms with Gasteiger partial charge in [-0.05, 0) is 0 Å². The van der Waals surface area contributed by atoms with Crippen molar-refractivity contribution in [1.82, 2.24) is 0 Å². The second kappa shape index (κ2) is 3.66. The Kier molecular flexibility index (Phi) is 3.52. The van der Waals surface area contributed by atoms with E-state index in [1.807, 2.05) is 0 Å². The molecule has 0 rings (SSSR count). The fourth-order valence-corrected chi connectivity index (χ4v) is 0.555. The van der Waals surface area contributed by atoms with Gasteiger partial charge in [-0.2, -0.15) is 0 Å².